The molecule has 14 nitrogen and oxygen atoms in total. The number of methoxy groups -OCH3 is 1. The molecule has 4 aliphatic rings. The highest BCUT2D eigenvalue weighted by atomic mass is 35.5. The number of hydrogen-bond donors (Lipinski definition) is 4. The second-order valence-electron chi connectivity index (χ2n) is 19.3. The molecule has 0 spiro atoms. The van der Waals surface area contributed by atoms with Crippen molar-refractivity contribution in [3.05, 3.63) is 106 Å². The molecule has 17 heteroatoms. The van der Waals surface area contributed by atoms with Gasteiger partial charge in [0.25, 0.3) is 0 Å². The predicted octanol–water partition coefficient (Wildman–Crippen LogP) is 8.12. The van der Waals surface area contributed by atoms with E-state index >= 15 is 8.78 Å². The number of urea groups is 1. The molecule has 4 aromatic carbocycles. The Morgan fingerprint density at radius 1 is 0.986 bits per heavy atom. The molecule has 3 aliphatic heterocycles. The molecule has 1 saturated carbocycles. The first-order chi connectivity index (χ1) is 33.8. The molecular formula is C53H61ClF2N8O6. The zero-order valence-corrected chi connectivity index (χ0v) is 40.7. The summed E-state index contributed by atoms with van der Waals surface area (Å²) in [5, 5.41) is 14.6. The molecule has 0 unspecified atom stereocenters. The number of fused-ring (bicyclic) bond motifs is 2. The van der Waals surface area contributed by atoms with Crippen LogP contribution < -0.4 is 36.1 Å². The highest BCUT2D eigenvalue weighted by Crippen LogP contribution is 2.56. The van der Waals surface area contributed by atoms with Crippen molar-refractivity contribution in [2.75, 3.05) is 51.3 Å². The molecule has 1 aliphatic carbocycles. The number of nitrogens with one attached hydrogen (secondary N) is 3. The normalized spacial score (nSPS) is 21.9. The van der Waals surface area contributed by atoms with Crippen molar-refractivity contribution in [2.45, 2.75) is 88.7 Å². The molecule has 1 aromatic heterocycles. The van der Waals surface area contributed by atoms with E-state index in [1.807, 2.05) is 61.1 Å². The van der Waals surface area contributed by atoms with Gasteiger partial charge in [-0.2, -0.15) is 5.10 Å². The number of likely N-dealkylation sites (tertiary alicyclic amines) is 1. The van der Waals surface area contributed by atoms with Crippen LogP contribution in [-0.2, 0) is 28.7 Å². The topological polar surface area (TPSA) is 173 Å². The fraction of sp³-hybridized carbons (Fsp3) is 0.453. The number of aromatic nitrogens is 2. The number of halogens is 3. The maximum Gasteiger partial charge on any atom is 0.329 e. The maximum atomic E-state index is 16.2. The number of para-hydroxylation sites is 1. The first kappa shape index (κ1) is 48.9. The average Bonchev–Trinajstić information content (AvgIpc) is 3.85. The number of piperidine rings is 1. The van der Waals surface area contributed by atoms with Gasteiger partial charge in [0, 0.05) is 79.1 Å². The molecule has 5 amide bonds. The van der Waals surface area contributed by atoms with Crippen molar-refractivity contribution < 1.29 is 37.4 Å². The van der Waals surface area contributed by atoms with Crippen LogP contribution in [0.1, 0.15) is 97.7 Å². The van der Waals surface area contributed by atoms with E-state index in [9.17, 15) is 19.2 Å². The van der Waals surface area contributed by atoms with Crippen molar-refractivity contribution >= 4 is 52.1 Å². The van der Waals surface area contributed by atoms with Crippen LogP contribution in [0.5, 0.6) is 11.5 Å². The maximum absolute atomic E-state index is 16.2. The fourth-order valence-corrected chi connectivity index (χ4v) is 11.6. The highest BCUT2D eigenvalue weighted by Gasteiger charge is 2.50. The van der Waals surface area contributed by atoms with Gasteiger partial charge < -0.3 is 30.7 Å². The summed E-state index contributed by atoms with van der Waals surface area (Å²) in [6.07, 6.45) is 8.39. The minimum absolute atomic E-state index is 0.00404. The smallest absolute Gasteiger partial charge is 0.329 e. The third kappa shape index (κ3) is 9.57. The Morgan fingerprint density at radius 2 is 1.74 bits per heavy atom. The molecule has 370 valence electrons. The van der Waals surface area contributed by atoms with E-state index in [0.29, 0.717) is 36.9 Å². The number of amides is 5. The van der Waals surface area contributed by atoms with Crippen molar-refractivity contribution in [2.24, 2.45) is 24.6 Å². The third-order valence-corrected chi connectivity index (χ3v) is 15.6. The van der Waals surface area contributed by atoms with Gasteiger partial charge in [-0.1, -0.05) is 61.0 Å². The lowest BCUT2D eigenvalue weighted by molar-refractivity contribution is -0.126. The van der Waals surface area contributed by atoms with Gasteiger partial charge >= 0.3 is 6.03 Å². The van der Waals surface area contributed by atoms with Crippen LogP contribution in [0.2, 0.25) is 5.02 Å². The Bertz CT molecular complexity index is 2790. The SMILES string of the molecule is COc1ccc(C(N)=O)c(-c2c(Cl)c(F)cc3c2[C@H](C)[C@@](CNC2CCC(C(=O)NCCCN4CCC(CCc5cccc6c(N7CCC(=O)NC7=O)nn(C)c56)CC4)CC2)(c2ccccc2)O3)c1F. The summed E-state index contributed by atoms with van der Waals surface area (Å²) in [4.78, 5) is 54.4. The van der Waals surface area contributed by atoms with Gasteiger partial charge in [0.05, 0.1) is 23.2 Å². The number of rotatable bonds is 16. The van der Waals surface area contributed by atoms with Crippen LogP contribution in [0, 0.1) is 23.5 Å². The summed E-state index contributed by atoms with van der Waals surface area (Å²) in [6.45, 7) is 6.19. The minimum Gasteiger partial charge on any atom is -0.494 e. The number of benzene rings is 4. The summed E-state index contributed by atoms with van der Waals surface area (Å²) in [6, 6.07) is 19.3. The van der Waals surface area contributed by atoms with Crippen molar-refractivity contribution in [3.8, 4) is 22.6 Å². The molecular weight excluding hydrogens is 918 g/mol. The van der Waals surface area contributed by atoms with E-state index in [1.54, 1.807) is 4.90 Å². The van der Waals surface area contributed by atoms with Crippen molar-refractivity contribution in [3.63, 3.8) is 0 Å². The van der Waals surface area contributed by atoms with Crippen LogP contribution in [0.4, 0.5) is 19.4 Å². The largest absolute Gasteiger partial charge is 0.494 e. The first-order valence-corrected chi connectivity index (χ1v) is 24.9. The standard InChI is InChI=1S/C53H61ClF2N8O6/c1-31-43-41(29-39(55)46(54)45(43)44-37(49(57)66)19-20-40(69-3)47(44)56)70-53(31,35-10-5-4-6-11-35)30-59-36-17-15-34(16-18-36)51(67)58-24-8-25-63-26-21-32(22-27-63)13-14-33-9-7-12-38-48(33)62(2)61-50(38)64-28-23-42(65)60-52(64)68/h4-7,9-12,19-20,29,31-32,34,36,59H,8,13-18,21-28,30H2,1-3H3,(H2,57,66)(H,58,67)(H,60,65,68)/t31-,34?,36?,53-/m0/s1. The average molecular weight is 980 g/mol. The number of aryl methyl sites for hydroxylation is 2. The zero-order chi connectivity index (χ0) is 49.3. The van der Waals surface area contributed by atoms with Crippen LogP contribution in [-0.4, -0.2) is 90.9 Å². The van der Waals surface area contributed by atoms with E-state index in [4.69, 9.17) is 31.9 Å². The number of hydrogen-bond acceptors (Lipinski definition) is 9. The fourth-order valence-electron chi connectivity index (χ4n) is 11.3. The lowest BCUT2D eigenvalue weighted by atomic mass is 9.77. The van der Waals surface area contributed by atoms with Crippen LogP contribution in [0.3, 0.4) is 0 Å². The van der Waals surface area contributed by atoms with Gasteiger partial charge in [-0.25, -0.2) is 13.6 Å². The van der Waals surface area contributed by atoms with E-state index < -0.39 is 35.1 Å². The number of carbonyl (C=O) groups excluding carboxylic acids is 4. The number of imide groups is 1. The van der Waals surface area contributed by atoms with Crippen LogP contribution >= 0.6 is 11.6 Å². The summed E-state index contributed by atoms with van der Waals surface area (Å²) in [5.41, 5.74) is 7.76. The molecule has 2 atom stereocenters. The van der Waals surface area contributed by atoms with Crippen molar-refractivity contribution in [1.82, 2.24) is 30.6 Å². The monoisotopic (exact) mass is 978 g/mol. The first-order valence-electron chi connectivity index (χ1n) is 24.5. The van der Waals surface area contributed by atoms with E-state index in [2.05, 4.69) is 26.9 Å². The summed E-state index contributed by atoms with van der Waals surface area (Å²) >= 11 is 6.69. The molecule has 4 heterocycles. The van der Waals surface area contributed by atoms with E-state index in [0.717, 1.165) is 93.9 Å². The molecule has 0 radical (unpaired) electrons. The molecule has 9 rings (SSSR count). The van der Waals surface area contributed by atoms with Gasteiger partial charge in [0.1, 0.15) is 11.6 Å². The van der Waals surface area contributed by atoms with Crippen LogP contribution in [0.25, 0.3) is 22.0 Å². The molecule has 5 N–H and O–H groups in total. The number of ether oxygens (including phenoxy) is 2. The number of primary amides is 1. The predicted molar refractivity (Wildman–Crippen MR) is 264 cm³/mol. The molecule has 5 aromatic rings. The van der Waals surface area contributed by atoms with Gasteiger partial charge in [-0.05, 0) is 113 Å². The summed E-state index contributed by atoms with van der Waals surface area (Å²) in [7, 11) is 3.21. The Hall–Kier alpha value is -6.10. The van der Waals surface area contributed by atoms with E-state index in [1.165, 1.54) is 30.9 Å². The molecule has 0 bridgehead atoms. The van der Waals surface area contributed by atoms with Gasteiger partial charge in [0.2, 0.25) is 17.7 Å². The number of nitrogens with zero attached hydrogens (tertiary/aromatic N) is 4. The lowest BCUT2D eigenvalue weighted by Crippen LogP contribution is -2.49. The Labute approximate surface area is 411 Å². The number of anilines is 1. The second-order valence-corrected chi connectivity index (χ2v) is 19.7. The van der Waals surface area contributed by atoms with E-state index in [-0.39, 0.29) is 63.4 Å². The van der Waals surface area contributed by atoms with Crippen LogP contribution in [0.15, 0.2) is 66.7 Å². The quantitative estimate of drug-likeness (QED) is 0.0713. The Morgan fingerprint density at radius 3 is 2.46 bits per heavy atom. The second kappa shape index (κ2) is 20.7. The zero-order valence-electron chi connectivity index (χ0n) is 39.9. The van der Waals surface area contributed by atoms with Crippen molar-refractivity contribution in [1.29, 1.82) is 0 Å². The molecule has 3 fully saturated rings. The third-order valence-electron chi connectivity index (χ3n) is 15.2. The number of carbonyl (C=O) groups is 4. The van der Waals surface area contributed by atoms with Gasteiger partial charge in [-0.3, -0.25) is 29.3 Å². The molecule has 2 saturated heterocycles. The minimum atomic E-state index is -1.07. The lowest BCUT2D eigenvalue weighted by Gasteiger charge is -2.37. The summed E-state index contributed by atoms with van der Waals surface area (Å²) in [5.74, 6) is -2.14. The Kier molecular flexibility index (Phi) is 14.5. The van der Waals surface area contributed by atoms with Gasteiger partial charge in [0.15, 0.2) is 23.0 Å². The number of nitrogens with two attached hydrogens (primary N) is 1. The summed E-state index contributed by atoms with van der Waals surface area (Å²) < 4.78 is 45.8. The highest BCUT2D eigenvalue weighted by molar-refractivity contribution is 6.34. The van der Waals surface area contributed by atoms with Gasteiger partial charge in [-0.15, -0.1) is 0 Å². The molecule has 70 heavy (non-hydrogen) atoms. The Balaban J connectivity index is 0.747.